The van der Waals surface area contributed by atoms with E-state index in [0.717, 1.165) is 5.56 Å². The first-order chi connectivity index (χ1) is 9.04. The van der Waals surface area contributed by atoms with Crippen molar-refractivity contribution in [2.75, 3.05) is 6.54 Å². The molecule has 1 N–H and O–H groups in total. The maximum absolute atomic E-state index is 12.5. The van der Waals surface area contributed by atoms with Gasteiger partial charge in [-0.2, -0.15) is 0 Å². The number of carbonyl (C=O) groups is 3. The van der Waals surface area contributed by atoms with Gasteiger partial charge in [0.05, 0.1) is 0 Å². The molecule has 1 aromatic carbocycles. The van der Waals surface area contributed by atoms with Crippen LogP contribution in [0.3, 0.4) is 0 Å². The van der Waals surface area contributed by atoms with Crippen LogP contribution in [0.25, 0.3) is 0 Å². The fourth-order valence-corrected chi connectivity index (χ4v) is 2.25. The largest absolute Gasteiger partial charge is 0.317 e. The topological polar surface area (TPSA) is 66.5 Å². The Morgan fingerprint density at radius 2 is 2.05 bits per heavy atom. The standard InChI is InChI=1S/C14H16N2O3/c1-3-11-13(18)15-12(17)8-16(11)14(19)10-7-5-4-6-9(10)2/h4-7,11H,3,8H2,1-2H3,(H,15,17,18). The fraction of sp³-hybridized carbons (Fsp3) is 0.357. The Morgan fingerprint density at radius 1 is 1.37 bits per heavy atom. The van der Waals surface area contributed by atoms with Gasteiger partial charge in [0, 0.05) is 5.56 Å². The monoisotopic (exact) mass is 260 g/mol. The summed E-state index contributed by atoms with van der Waals surface area (Å²) in [5.74, 6) is -1.11. The minimum atomic E-state index is -0.579. The molecule has 19 heavy (non-hydrogen) atoms. The molecule has 1 aliphatic heterocycles. The number of nitrogens with zero attached hydrogens (tertiary/aromatic N) is 1. The second kappa shape index (κ2) is 5.22. The number of hydrogen-bond acceptors (Lipinski definition) is 3. The Kier molecular flexibility index (Phi) is 3.64. The van der Waals surface area contributed by atoms with E-state index < -0.39 is 17.9 Å². The quantitative estimate of drug-likeness (QED) is 0.802. The van der Waals surface area contributed by atoms with Crippen LogP contribution >= 0.6 is 0 Å². The van der Waals surface area contributed by atoms with Crippen LogP contribution in [0.2, 0.25) is 0 Å². The van der Waals surface area contributed by atoms with Crippen molar-refractivity contribution < 1.29 is 14.4 Å². The third-order valence-corrected chi connectivity index (χ3v) is 3.28. The van der Waals surface area contributed by atoms with Gasteiger partial charge >= 0.3 is 0 Å². The van der Waals surface area contributed by atoms with Crippen molar-refractivity contribution in [3.05, 3.63) is 35.4 Å². The van der Waals surface area contributed by atoms with E-state index in [0.29, 0.717) is 12.0 Å². The van der Waals surface area contributed by atoms with Crippen LogP contribution in [0.15, 0.2) is 24.3 Å². The molecule has 1 fully saturated rings. The highest BCUT2D eigenvalue weighted by molar-refractivity contribution is 6.07. The van der Waals surface area contributed by atoms with Gasteiger partial charge in [0.1, 0.15) is 12.6 Å². The summed E-state index contributed by atoms with van der Waals surface area (Å²) in [6.07, 6.45) is 0.483. The normalized spacial score (nSPS) is 19.3. The van der Waals surface area contributed by atoms with Crippen LogP contribution in [0.5, 0.6) is 0 Å². The number of piperazine rings is 1. The summed E-state index contributed by atoms with van der Waals surface area (Å²) in [6, 6.07) is 6.58. The second-order valence-electron chi connectivity index (χ2n) is 4.58. The molecular weight excluding hydrogens is 244 g/mol. The third-order valence-electron chi connectivity index (χ3n) is 3.28. The van der Waals surface area contributed by atoms with Gasteiger partial charge < -0.3 is 4.90 Å². The molecule has 0 aliphatic carbocycles. The van der Waals surface area contributed by atoms with E-state index in [-0.39, 0.29) is 12.5 Å². The van der Waals surface area contributed by atoms with E-state index in [9.17, 15) is 14.4 Å². The van der Waals surface area contributed by atoms with Crippen molar-refractivity contribution in [3.8, 4) is 0 Å². The van der Waals surface area contributed by atoms with Crippen molar-refractivity contribution in [1.82, 2.24) is 10.2 Å². The fourth-order valence-electron chi connectivity index (χ4n) is 2.25. The number of carbonyl (C=O) groups excluding carboxylic acids is 3. The molecular formula is C14H16N2O3. The van der Waals surface area contributed by atoms with E-state index >= 15 is 0 Å². The lowest BCUT2D eigenvalue weighted by atomic mass is 10.0. The summed E-state index contributed by atoms with van der Waals surface area (Å²) in [5, 5.41) is 2.26. The molecule has 1 unspecified atom stereocenters. The second-order valence-corrected chi connectivity index (χ2v) is 4.58. The smallest absolute Gasteiger partial charge is 0.255 e. The Labute approximate surface area is 111 Å². The van der Waals surface area contributed by atoms with Crippen LogP contribution in [0.1, 0.15) is 29.3 Å². The molecule has 0 radical (unpaired) electrons. The minimum absolute atomic E-state index is 0.0720. The third kappa shape index (κ3) is 2.50. The van der Waals surface area contributed by atoms with E-state index in [4.69, 9.17) is 0 Å². The summed E-state index contributed by atoms with van der Waals surface area (Å²) in [5.41, 5.74) is 1.37. The number of amides is 3. The van der Waals surface area contributed by atoms with Crippen molar-refractivity contribution >= 4 is 17.7 Å². The van der Waals surface area contributed by atoms with Crippen molar-refractivity contribution in [2.45, 2.75) is 26.3 Å². The minimum Gasteiger partial charge on any atom is -0.317 e. The van der Waals surface area contributed by atoms with Gasteiger partial charge in [0.15, 0.2) is 0 Å². The highest BCUT2D eigenvalue weighted by atomic mass is 16.2. The average molecular weight is 260 g/mol. The summed E-state index contributed by atoms with van der Waals surface area (Å²) in [6.45, 7) is 3.58. The van der Waals surface area contributed by atoms with E-state index in [2.05, 4.69) is 5.32 Å². The molecule has 0 bridgehead atoms. The molecule has 0 spiro atoms. The van der Waals surface area contributed by atoms with Crippen LogP contribution < -0.4 is 5.32 Å². The molecule has 1 atom stereocenters. The maximum Gasteiger partial charge on any atom is 0.255 e. The predicted molar refractivity (Wildman–Crippen MR) is 69.4 cm³/mol. The zero-order valence-corrected chi connectivity index (χ0v) is 11.0. The lowest BCUT2D eigenvalue weighted by Gasteiger charge is -2.33. The van der Waals surface area contributed by atoms with Crippen molar-refractivity contribution in [1.29, 1.82) is 0 Å². The van der Waals surface area contributed by atoms with Crippen LogP contribution in [-0.4, -0.2) is 35.2 Å². The van der Waals surface area contributed by atoms with Crippen LogP contribution in [0.4, 0.5) is 0 Å². The highest BCUT2D eigenvalue weighted by Gasteiger charge is 2.36. The summed E-state index contributed by atoms with van der Waals surface area (Å²) in [7, 11) is 0. The summed E-state index contributed by atoms with van der Waals surface area (Å²) < 4.78 is 0. The first-order valence-electron chi connectivity index (χ1n) is 6.25. The molecule has 5 nitrogen and oxygen atoms in total. The molecule has 3 amide bonds. The Morgan fingerprint density at radius 3 is 2.68 bits per heavy atom. The summed E-state index contributed by atoms with van der Waals surface area (Å²) >= 11 is 0. The zero-order chi connectivity index (χ0) is 14.0. The van der Waals surface area contributed by atoms with Crippen LogP contribution in [-0.2, 0) is 9.59 Å². The first kappa shape index (κ1) is 13.3. The number of rotatable bonds is 2. The maximum atomic E-state index is 12.5. The average Bonchev–Trinajstić information content (AvgIpc) is 2.37. The molecule has 0 saturated carbocycles. The Balaban J connectivity index is 2.33. The number of hydrogen-bond donors (Lipinski definition) is 1. The molecule has 2 rings (SSSR count). The van der Waals surface area contributed by atoms with Gasteiger partial charge in [-0.25, -0.2) is 0 Å². The van der Waals surface area contributed by atoms with E-state index in [1.807, 2.05) is 26.0 Å². The predicted octanol–water partition coefficient (Wildman–Crippen LogP) is 0.872. The molecule has 0 aromatic heterocycles. The number of nitrogens with one attached hydrogen (secondary N) is 1. The Hall–Kier alpha value is -2.17. The van der Waals surface area contributed by atoms with Gasteiger partial charge in [-0.1, -0.05) is 25.1 Å². The lowest BCUT2D eigenvalue weighted by molar-refractivity contribution is -0.138. The number of imide groups is 1. The van der Waals surface area contributed by atoms with Gasteiger partial charge in [-0.3, -0.25) is 19.7 Å². The van der Waals surface area contributed by atoms with Crippen molar-refractivity contribution in [2.24, 2.45) is 0 Å². The molecule has 1 saturated heterocycles. The lowest BCUT2D eigenvalue weighted by Crippen LogP contribution is -2.59. The Bertz CT molecular complexity index is 539. The van der Waals surface area contributed by atoms with Gasteiger partial charge in [-0.15, -0.1) is 0 Å². The molecule has 1 aromatic rings. The first-order valence-corrected chi connectivity index (χ1v) is 6.25. The van der Waals surface area contributed by atoms with E-state index in [1.165, 1.54) is 4.90 Å². The molecule has 5 heteroatoms. The van der Waals surface area contributed by atoms with Gasteiger partial charge in [-0.05, 0) is 25.0 Å². The van der Waals surface area contributed by atoms with Crippen molar-refractivity contribution in [3.63, 3.8) is 0 Å². The zero-order valence-electron chi connectivity index (χ0n) is 11.0. The SMILES string of the molecule is CCC1C(=O)NC(=O)CN1C(=O)c1ccccc1C. The van der Waals surface area contributed by atoms with Gasteiger partial charge in [0.2, 0.25) is 11.8 Å². The molecule has 100 valence electrons. The van der Waals surface area contributed by atoms with Crippen LogP contribution in [0, 0.1) is 6.92 Å². The van der Waals surface area contributed by atoms with Gasteiger partial charge in [0.25, 0.3) is 5.91 Å². The van der Waals surface area contributed by atoms with E-state index in [1.54, 1.807) is 12.1 Å². The molecule has 1 heterocycles. The molecule has 1 aliphatic rings. The number of aryl methyl sites for hydroxylation is 1. The highest BCUT2D eigenvalue weighted by Crippen LogP contribution is 2.16. The number of benzene rings is 1. The summed E-state index contributed by atoms with van der Waals surface area (Å²) in [4.78, 5) is 37.0.